The first-order valence-corrected chi connectivity index (χ1v) is 12.6. The Kier molecular flexibility index (Phi) is 6.28. The average molecular weight is 499 g/mol. The molecule has 1 aromatic carbocycles. The van der Waals surface area contributed by atoms with E-state index in [4.69, 9.17) is 4.98 Å². The normalized spacial score (nSPS) is 12.7. The predicted molar refractivity (Wildman–Crippen MR) is 147 cm³/mol. The average Bonchev–Trinajstić information content (AvgIpc) is 3.58. The fraction of sp³-hybridized carbons (Fsp3) is 0.179. The smallest absolute Gasteiger partial charge is 0.178 e. The van der Waals surface area contributed by atoms with Gasteiger partial charge in [-0.2, -0.15) is 5.10 Å². The van der Waals surface area contributed by atoms with E-state index in [0.29, 0.717) is 28.2 Å². The third kappa shape index (κ3) is 4.35. The zero-order valence-electron chi connectivity index (χ0n) is 20.6. The fourth-order valence-electron chi connectivity index (χ4n) is 4.22. The summed E-state index contributed by atoms with van der Waals surface area (Å²) >= 11 is 1.72. The molecule has 4 heterocycles. The Morgan fingerprint density at radius 3 is 2.75 bits per heavy atom. The SMILES string of the molecule is C=C/C(=C\C(=C/C)c1cc2c(-c3nc4nccc(-c5ccc(C)s5)c4[nH]3)n[nH]c2cc1F)NC(C)C. The van der Waals surface area contributed by atoms with Gasteiger partial charge in [0.25, 0.3) is 0 Å². The molecule has 0 amide bonds. The van der Waals surface area contributed by atoms with E-state index in [2.05, 4.69) is 51.1 Å². The molecule has 0 bridgehead atoms. The van der Waals surface area contributed by atoms with Crippen LogP contribution >= 0.6 is 11.3 Å². The topological polar surface area (TPSA) is 82.3 Å². The maximum absolute atomic E-state index is 15.2. The molecular weight excluding hydrogens is 471 g/mol. The van der Waals surface area contributed by atoms with Crippen molar-refractivity contribution in [3.63, 3.8) is 0 Å². The summed E-state index contributed by atoms with van der Waals surface area (Å²) in [6.45, 7) is 11.9. The molecule has 0 unspecified atom stereocenters. The molecule has 0 radical (unpaired) electrons. The van der Waals surface area contributed by atoms with Gasteiger partial charge in [-0.15, -0.1) is 11.3 Å². The number of benzene rings is 1. The van der Waals surface area contributed by atoms with Gasteiger partial charge >= 0.3 is 0 Å². The van der Waals surface area contributed by atoms with Crippen LogP contribution < -0.4 is 5.32 Å². The number of pyridine rings is 1. The van der Waals surface area contributed by atoms with Crippen molar-refractivity contribution in [3.05, 3.63) is 83.3 Å². The van der Waals surface area contributed by atoms with Crippen molar-refractivity contribution < 1.29 is 4.39 Å². The number of allylic oxidation sites excluding steroid dienone is 4. The zero-order chi connectivity index (χ0) is 25.4. The van der Waals surface area contributed by atoms with Gasteiger partial charge in [0.05, 0.1) is 11.0 Å². The third-order valence-electron chi connectivity index (χ3n) is 5.88. The Balaban J connectivity index is 1.62. The van der Waals surface area contributed by atoms with Crippen LogP contribution in [0.1, 0.15) is 31.2 Å². The molecule has 5 aromatic rings. The number of hydrogen-bond donors (Lipinski definition) is 3. The van der Waals surface area contributed by atoms with Crippen molar-refractivity contribution in [1.82, 2.24) is 30.5 Å². The van der Waals surface area contributed by atoms with Crippen LogP contribution in [-0.2, 0) is 0 Å². The summed E-state index contributed by atoms with van der Waals surface area (Å²) in [6, 6.07) is 9.70. The Morgan fingerprint density at radius 2 is 2.06 bits per heavy atom. The van der Waals surface area contributed by atoms with E-state index < -0.39 is 0 Å². The van der Waals surface area contributed by atoms with Crippen LogP contribution in [0.2, 0.25) is 0 Å². The number of aryl methyl sites for hydroxylation is 1. The fourth-order valence-corrected chi connectivity index (χ4v) is 5.12. The van der Waals surface area contributed by atoms with E-state index in [1.165, 1.54) is 10.9 Å². The van der Waals surface area contributed by atoms with E-state index in [0.717, 1.165) is 32.6 Å². The molecule has 6 nitrogen and oxygen atoms in total. The molecule has 0 saturated carbocycles. The first-order valence-electron chi connectivity index (χ1n) is 11.7. The summed E-state index contributed by atoms with van der Waals surface area (Å²) in [5.74, 6) is 0.240. The Morgan fingerprint density at radius 1 is 1.22 bits per heavy atom. The molecule has 0 fully saturated rings. The number of aromatic nitrogens is 5. The number of nitrogens with zero attached hydrogens (tertiary/aromatic N) is 3. The van der Waals surface area contributed by atoms with E-state index in [1.807, 2.05) is 45.1 Å². The number of nitrogens with one attached hydrogen (secondary N) is 3. The van der Waals surface area contributed by atoms with Crippen LogP contribution in [0.4, 0.5) is 4.39 Å². The molecule has 182 valence electrons. The van der Waals surface area contributed by atoms with Crippen LogP contribution in [0.25, 0.3) is 49.6 Å². The van der Waals surface area contributed by atoms with Crippen LogP contribution in [0.15, 0.2) is 67.0 Å². The second-order valence-corrected chi connectivity index (χ2v) is 10.1. The summed E-state index contributed by atoms with van der Waals surface area (Å²) in [6.07, 6.45) is 7.28. The van der Waals surface area contributed by atoms with Crippen molar-refractivity contribution in [1.29, 1.82) is 0 Å². The summed E-state index contributed by atoms with van der Waals surface area (Å²) < 4.78 is 15.2. The van der Waals surface area contributed by atoms with E-state index in [-0.39, 0.29) is 11.9 Å². The van der Waals surface area contributed by atoms with Gasteiger partial charge in [-0.1, -0.05) is 12.7 Å². The lowest BCUT2D eigenvalue weighted by atomic mass is 10.0. The van der Waals surface area contributed by atoms with Gasteiger partial charge in [0.2, 0.25) is 0 Å². The predicted octanol–water partition coefficient (Wildman–Crippen LogP) is 7.15. The molecule has 8 heteroatoms. The van der Waals surface area contributed by atoms with Crippen molar-refractivity contribution in [2.75, 3.05) is 0 Å². The monoisotopic (exact) mass is 498 g/mol. The van der Waals surface area contributed by atoms with Crippen LogP contribution in [0, 0.1) is 12.7 Å². The quantitative estimate of drug-likeness (QED) is 0.208. The van der Waals surface area contributed by atoms with Crippen molar-refractivity contribution in [3.8, 4) is 22.0 Å². The van der Waals surface area contributed by atoms with Crippen molar-refractivity contribution in [2.45, 2.75) is 33.7 Å². The van der Waals surface area contributed by atoms with E-state index in [1.54, 1.807) is 23.6 Å². The van der Waals surface area contributed by atoms with Crippen LogP contribution in [0.5, 0.6) is 0 Å². The minimum atomic E-state index is -0.336. The summed E-state index contributed by atoms with van der Waals surface area (Å²) in [5.41, 5.74) is 5.75. The number of thiophene rings is 1. The maximum Gasteiger partial charge on any atom is 0.178 e. The molecule has 0 aliphatic rings. The number of H-pyrrole nitrogens is 2. The Labute approximate surface area is 212 Å². The highest BCUT2D eigenvalue weighted by Crippen LogP contribution is 2.35. The minimum Gasteiger partial charge on any atom is -0.383 e. The largest absolute Gasteiger partial charge is 0.383 e. The van der Waals surface area contributed by atoms with Gasteiger partial charge in [-0.25, -0.2) is 14.4 Å². The maximum atomic E-state index is 15.2. The number of hydrogen-bond acceptors (Lipinski definition) is 5. The lowest BCUT2D eigenvalue weighted by Crippen LogP contribution is -2.20. The van der Waals surface area contributed by atoms with E-state index in [9.17, 15) is 0 Å². The van der Waals surface area contributed by atoms with Gasteiger partial charge in [0, 0.05) is 50.3 Å². The van der Waals surface area contributed by atoms with Gasteiger partial charge in [-0.3, -0.25) is 5.10 Å². The van der Waals surface area contributed by atoms with Crippen molar-refractivity contribution >= 4 is 39.0 Å². The molecule has 0 spiro atoms. The van der Waals surface area contributed by atoms with Crippen molar-refractivity contribution in [2.24, 2.45) is 0 Å². The molecule has 0 saturated heterocycles. The Hall–Kier alpha value is -4.04. The number of fused-ring (bicyclic) bond motifs is 2. The highest BCUT2D eigenvalue weighted by molar-refractivity contribution is 7.15. The lowest BCUT2D eigenvalue weighted by Gasteiger charge is -2.12. The van der Waals surface area contributed by atoms with Gasteiger partial charge in [-0.05, 0) is 69.7 Å². The number of halogens is 1. The Bertz CT molecular complexity index is 1650. The van der Waals surface area contributed by atoms with Crippen LogP contribution in [0.3, 0.4) is 0 Å². The van der Waals surface area contributed by atoms with Gasteiger partial charge in [0.15, 0.2) is 11.5 Å². The molecular formula is C28H27FN6S. The number of aromatic amines is 2. The first kappa shape index (κ1) is 23.7. The summed E-state index contributed by atoms with van der Waals surface area (Å²) in [5, 5.41) is 11.5. The number of imidazole rings is 1. The van der Waals surface area contributed by atoms with E-state index >= 15 is 4.39 Å². The van der Waals surface area contributed by atoms with Gasteiger partial charge in [0.1, 0.15) is 11.5 Å². The minimum absolute atomic E-state index is 0.227. The molecule has 0 aliphatic carbocycles. The summed E-state index contributed by atoms with van der Waals surface area (Å²) in [7, 11) is 0. The molecule has 5 rings (SSSR count). The van der Waals surface area contributed by atoms with Crippen LogP contribution in [-0.4, -0.2) is 31.2 Å². The molecule has 0 aliphatic heterocycles. The number of rotatable bonds is 7. The lowest BCUT2D eigenvalue weighted by molar-refractivity contribution is 0.626. The zero-order valence-corrected chi connectivity index (χ0v) is 21.4. The highest BCUT2D eigenvalue weighted by atomic mass is 32.1. The third-order valence-corrected chi connectivity index (χ3v) is 6.91. The second kappa shape index (κ2) is 9.54. The standard InChI is InChI=1S/C28H27FN6S/c1-6-17(12-18(7-2)31-15(3)4)20-13-21-23(14-22(20)29)34-35-26(21)28-32-25-19(10-11-30-27(25)33-28)24-9-8-16(5)36-24/h6-15,31H,2H2,1,3-5H3,(H,34,35)(H,30,32,33)/b17-6+,18-12+. The summed E-state index contributed by atoms with van der Waals surface area (Å²) in [4.78, 5) is 15.0. The second-order valence-electron chi connectivity index (χ2n) is 8.85. The van der Waals surface area contributed by atoms with Gasteiger partial charge < -0.3 is 10.3 Å². The highest BCUT2D eigenvalue weighted by Gasteiger charge is 2.18. The molecule has 0 atom stereocenters. The molecule has 36 heavy (non-hydrogen) atoms. The molecule has 3 N–H and O–H groups in total. The molecule has 4 aromatic heterocycles. The first-order chi connectivity index (χ1) is 17.4.